The number of piperidine rings is 1. The number of carbonyl (C=O) groups is 1. The van der Waals surface area contributed by atoms with Crippen LogP contribution < -0.4 is 10.0 Å². The Bertz CT molecular complexity index is 661. The molecule has 1 aliphatic rings. The van der Waals surface area contributed by atoms with Gasteiger partial charge in [0.25, 0.3) is 0 Å². The minimum Gasteiger partial charge on any atom is -0.465 e. The van der Waals surface area contributed by atoms with Gasteiger partial charge in [-0.1, -0.05) is 11.6 Å². The summed E-state index contributed by atoms with van der Waals surface area (Å²) >= 11 is 5.84. The third-order valence-corrected chi connectivity index (χ3v) is 5.63. The molecule has 0 spiro atoms. The van der Waals surface area contributed by atoms with E-state index in [2.05, 4.69) is 14.8 Å². The predicted molar refractivity (Wildman–Crippen MR) is 95.4 cm³/mol. The molecule has 1 saturated heterocycles. The van der Waals surface area contributed by atoms with Gasteiger partial charge in [0.05, 0.1) is 17.6 Å². The highest BCUT2D eigenvalue weighted by Crippen LogP contribution is 2.21. The van der Waals surface area contributed by atoms with Crippen molar-refractivity contribution in [1.82, 2.24) is 10.0 Å². The van der Waals surface area contributed by atoms with E-state index >= 15 is 0 Å². The molecule has 136 valence electrons. The van der Waals surface area contributed by atoms with Gasteiger partial charge in [0.15, 0.2) is 0 Å². The molecule has 1 fully saturated rings. The Labute approximate surface area is 153 Å². The van der Waals surface area contributed by atoms with Crippen LogP contribution in [0.5, 0.6) is 0 Å². The first-order valence-electron chi connectivity index (χ1n) is 7.52. The molecule has 0 amide bonds. The monoisotopic (exact) mass is 396 g/mol. The summed E-state index contributed by atoms with van der Waals surface area (Å²) in [5, 5.41) is 3.57. The van der Waals surface area contributed by atoms with E-state index in [4.69, 9.17) is 11.6 Å². The standard InChI is InChI=1S/C15H21ClN2O4S.ClH/c1-22-15(19)13-9-12(16)4-5-14(13)23(20,21)18-8-6-11-3-2-7-17-10-11;/h4-5,9,11,17-18H,2-3,6-8,10H2,1H3;1H. The van der Waals surface area contributed by atoms with Crippen molar-refractivity contribution in [2.75, 3.05) is 26.7 Å². The van der Waals surface area contributed by atoms with Crippen molar-refractivity contribution in [3.05, 3.63) is 28.8 Å². The lowest BCUT2D eigenvalue weighted by Crippen LogP contribution is -2.33. The molecule has 1 atom stereocenters. The average Bonchev–Trinajstić information content (AvgIpc) is 2.54. The van der Waals surface area contributed by atoms with Crippen LogP contribution in [0, 0.1) is 5.92 Å². The Hall–Kier alpha value is -0.860. The smallest absolute Gasteiger partial charge is 0.339 e. The maximum atomic E-state index is 12.4. The van der Waals surface area contributed by atoms with Crippen molar-refractivity contribution in [1.29, 1.82) is 0 Å². The molecule has 2 rings (SSSR count). The Kier molecular flexibility index (Phi) is 8.45. The fourth-order valence-corrected chi connectivity index (χ4v) is 4.04. The molecular formula is C15H22Cl2N2O4S. The molecule has 0 saturated carbocycles. The third kappa shape index (κ3) is 5.60. The summed E-state index contributed by atoms with van der Waals surface area (Å²) in [4.78, 5) is 11.7. The van der Waals surface area contributed by atoms with Crippen LogP contribution in [0.2, 0.25) is 5.02 Å². The second-order valence-electron chi connectivity index (χ2n) is 5.53. The zero-order valence-electron chi connectivity index (χ0n) is 13.4. The van der Waals surface area contributed by atoms with Gasteiger partial charge in [0, 0.05) is 11.6 Å². The molecule has 2 N–H and O–H groups in total. The summed E-state index contributed by atoms with van der Waals surface area (Å²) in [6, 6.07) is 4.06. The Morgan fingerprint density at radius 3 is 2.83 bits per heavy atom. The Morgan fingerprint density at radius 1 is 1.46 bits per heavy atom. The van der Waals surface area contributed by atoms with E-state index in [0.717, 1.165) is 32.4 Å². The number of halogens is 2. The topological polar surface area (TPSA) is 84.5 Å². The lowest BCUT2D eigenvalue weighted by Gasteiger charge is -2.22. The molecule has 1 heterocycles. The molecule has 0 aromatic heterocycles. The number of carbonyl (C=O) groups excluding carboxylic acids is 1. The van der Waals surface area contributed by atoms with Crippen molar-refractivity contribution < 1.29 is 17.9 Å². The normalized spacial score (nSPS) is 17.8. The molecule has 1 aromatic carbocycles. The zero-order chi connectivity index (χ0) is 16.9. The number of rotatable bonds is 6. The summed E-state index contributed by atoms with van der Waals surface area (Å²) in [7, 11) is -2.60. The third-order valence-electron chi connectivity index (χ3n) is 3.88. The number of sulfonamides is 1. The van der Waals surface area contributed by atoms with Crippen LogP contribution in [0.15, 0.2) is 23.1 Å². The lowest BCUT2D eigenvalue weighted by atomic mass is 9.96. The minimum absolute atomic E-state index is 0. The van der Waals surface area contributed by atoms with Crippen molar-refractivity contribution >= 4 is 40.0 Å². The number of esters is 1. The van der Waals surface area contributed by atoms with Crippen LogP contribution in [0.3, 0.4) is 0 Å². The maximum Gasteiger partial charge on any atom is 0.339 e. The highest BCUT2D eigenvalue weighted by molar-refractivity contribution is 7.89. The highest BCUT2D eigenvalue weighted by Gasteiger charge is 2.23. The number of hydrogen-bond donors (Lipinski definition) is 2. The Morgan fingerprint density at radius 2 is 2.21 bits per heavy atom. The molecule has 1 aliphatic heterocycles. The van der Waals surface area contributed by atoms with Crippen LogP contribution in [0.1, 0.15) is 29.6 Å². The van der Waals surface area contributed by atoms with Crippen molar-refractivity contribution in [3.8, 4) is 0 Å². The first kappa shape index (κ1) is 21.2. The van der Waals surface area contributed by atoms with Crippen molar-refractivity contribution in [2.45, 2.75) is 24.2 Å². The van der Waals surface area contributed by atoms with Gasteiger partial charge in [-0.25, -0.2) is 17.9 Å². The van der Waals surface area contributed by atoms with Crippen molar-refractivity contribution in [3.63, 3.8) is 0 Å². The van der Waals surface area contributed by atoms with Gasteiger partial charge in [0.2, 0.25) is 10.0 Å². The summed E-state index contributed by atoms with van der Waals surface area (Å²) < 4.78 is 32.1. The summed E-state index contributed by atoms with van der Waals surface area (Å²) in [6.07, 6.45) is 2.97. The number of nitrogens with one attached hydrogen (secondary N) is 2. The molecule has 9 heteroatoms. The lowest BCUT2D eigenvalue weighted by molar-refractivity contribution is 0.0596. The van der Waals surface area contributed by atoms with Gasteiger partial charge in [-0.2, -0.15) is 0 Å². The molecule has 0 radical (unpaired) electrons. The van der Waals surface area contributed by atoms with Crippen molar-refractivity contribution in [2.24, 2.45) is 5.92 Å². The highest BCUT2D eigenvalue weighted by atomic mass is 35.5. The van der Waals surface area contributed by atoms with E-state index in [-0.39, 0.29) is 27.9 Å². The molecule has 6 nitrogen and oxygen atoms in total. The molecular weight excluding hydrogens is 375 g/mol. The van der Waals surface area contributed by atoms with E-state index in [1.54, 1.807) is 0 Å². The van der Waals surface area contributed by atoms with E-state index in [1.807, 2.05) is 0 Å². The van der Waals surface area contributed by atoms with Crippen LogP contribution in [0.25, 0.3) is 0 Å². The second kappa shape index (κ2) is 9.58. The first-order valence-corrected chi connectivity index (χ1v) is 9.38. The van der Waals surface area contributed by atoms with Crippen LogP contribution >= 0.6 is 24.0 Å². The quantitative estimate of drug-likeness (QED) is 0.720. The molecule has 1 unspecified atom stereocenters. The molecule has 0 aliphatic carbocycles. The van der Waals surface area contributed by atoms with Crippen LogP contribution in [-0.4, -0.2) is 41.1 Å². The van der Waals surface area contributed by atoms with Gasteiger partial charge in [0.1, 0.15) is 0 Å². The van der Waals surface area contributed by atoms with Gasteiger partial charge in [-0.05, 0) is 56.5 Å². The van der Waals surface area contributed by atoms with Crippen LogP contribution in [-0.2, 0) is 14.8 Å². The van der Waals surface area contributed by atoms with Gasteiger partial charge in [-0.15, -0.1) is 12.4 Å². The SMILES string of the molecule is COC(=O)c1cc(Cl)ccc1S(=O)(=O)NCCC1CCCNC1.Cl. The molecule has 1 aromatic rings. The van der Waals surface area contributed by atoms with Gasteiger partial charge in [-0.3, -0.25) is 0 Å². The number of ether oxygens (including phenoxy) is 1. The number of hydrogen-bond acceptors (Lipinski definition) is 5. The molecule has 24 heavy (non-hydrogen) atoms. The van der Waals surface area contributed by atoms with E-state index in [1.165, 1.54) is 25.3 Å². The minimum atomic E-state index is -3.79. The first-order chi connectivity index (χ1) is 10.9. The average molecular weight is 397 g/mol. The van der Waals surface area contributed by atoms with E-state index < -0.39 is 16.0 Å². The summed E-state index contributed by atoms with van der Waals surface area (Å²) in [6.45, 7) is 2.27. The predicted octanol–water partition coefficient (Wildman–Crippen LogP) is 2.22. The molecule has 0 bridgehead atoms. The van der Waals surface area contributed by atoms with E-state index in [9.17, 15) is 13.2 Å². The second-order valence-corrected chi connectivity index (χ2v) is 7.70. The number of methoxy groups -OCH3 is 1. The van der Waals surface area contributed by atoms with E-state index in [0.29, 0.717) is 12.5 Å². The van der Waals surface area contributed by atoms with Crippen LogP contribution in [0.4, 0.5) is 0 Å². The van der Waals surface area contributed by atoms with Gasteiger partial charge >= 0.3 is 5.97 Å². The Balaban J connectivity index is 0.00000288. The summed E-state index contributed by atoms with van der Waals surface area (Å²) in [5.74, 6) is -0.263. The fraction of sp³-hybridized carbons (Fsp3) is 0.533. The van der Waals surface area contributed by atoms with Gasteiger partial charge < -0.3 is 10.1 Å². The summed E-state index contributed by atoms with van der Waals surface area (Å²) in [5.41, 5.74) is -0.0631. The zero-order valence-corrected chi connectivity index (χ0v) is 15.8. The fourth-order valence-electron chi connectivity index (χ4n) is 2.65. The number of benzene rings is 1. The maximum absolute atomic E-state index is 12.4. The largest absolute Gasteiger partial charge is 0.465 e.